The largest absolute Gasteiger partial charge is 0.353 e. The predicted molar refractivity (Wildman–Crippen MR) is 144 cm³/mol. The number of ether oxygens (including phenoxy) is 2. The Labute approximate surface area is 224 Å². The molecule has 10 nitrogen and oxygen atoms in total. The molecule has 4 heterocycles. The van der Waals surface area contributed by atoms with Gasteiger partial charge >= 0.3 is 5.69 Å². The second-order valence-electron chi connectivity index (χ2n) is 9.60. The molecule has 1 aliphatic heterocycles. The van der Waals surface area contributed by atoms with Gasteiger partial charge in [-0.25, -0.2) is 19.7 Å². The van der Waals surface area contributed by atoms with Gasteiger partial charge in [0.2, 0.25) is 0 Å². The molecule has 1 unspecified atom stereocenters. The molecule has 1 atom stereocenters. The second-order valence-corrected chi connectivity index (χ2v) is 9.96. The van der Waals surface area contributed by atoms with Crippen LogP contribution >= 0.6 is 11.6 Å². The van der Waals surface area contributed by atoms with E-state index in [-0.39, 0.29) is 24.0 Å². The molecule has 0 spiro atoms. The number of hydrogen-bond donors (Lipinski definition) is 0. The monoisotopic (exact) mass is 538 g/mol. The van der Waals surface area contributed by atoms with E-state index in [2.05, 4.69) is 9.97 Å². The van der Waals surface area contributed by atoms with Crippen LogP contribution in [0.25, 0.3) is 22.7 Å². The predicted octanol–water partition coefficient (Wildman–Crippen LogP) is 4.03. The quantitative estimate of drug-likeness (QED) is 0.296. The van der Waals surface area contributed by atoms with E-state index in [1.54, 1.807) is 9.13 Å². The summed E-state index contributed by atoms with van der Waals surface area (Å²) in [5, 5.41) is 0.165. The topological polar surface area (TPSA) is 106 Å². The lowest BCUT2D eigenvalue weighted by Crippen LogP contribution is -2.41. The van der Waals surface area contributed by atoms with Crippen molar-refractivity contribution >= 4 is 22.8 Å². The first-order valence-electron chi connectivity index (χ1n) is 12.9. The highest BCUT2D eigenvalue weighted by atomic mass is 35.5. The van der Waals surface area contributed by atoms with Crippen molar-refractivity contribution < 1.29 is 9.47 Å². The van der Waals surface area contributed by atoms with Gasteiger partial charge in [0.1, 0.15) is 5.69 Å². The van der Waals surface area contributed by atoms with Crippen molar-refractivity contribution in [3.63, 3.8) is 0 Å². The summed E-state index contributed by atoms with van der Waals surface area (Å²) in [6.45, 7) is 5.43. The molecule has 11 heteroatoms. The maximum atomic E-state index is 13.9. The first kappa shape index (κ1) is 26.3. The van der Waals surface area contributed by atoms with Crippen LogP contribution < -0.4 is 11.2 Å². The Balaban J connectivity index is 1.61. The molecule has 1 saturated heterocycles. The Kier molecular flexibility index (Phi) is 8.01. The van der Waals surface area contributed by atoms with E-state index in [1.165, 1.54) is 17.0 Å². The number of benzene rings is 1. The van der Waals surface area contributed by atoms with Crippen molar-refractivity contribution in [3.05, 3.63) is 74.3 Å². The van der Waals surface area contributed by atoms with Crippen molar-refractivity contribution in [2.45, 2.75) is 65.0 Å². The summed E-state index contributed by atoms with van der Waals surface area (Å²) in [7, 11) is 0. The van der Waals surface area contributed by atoms with Gasteiger partial charge in [0.25, 0.3) is 5.56 Å². The van der Waals surface area contributed by atoms with Crippen LogP contribution in [-0.4, -0.2) is 48.2 Å². The van der Waals surface area contributed by atoms with Crippen molar-refractivity contribution in [1.29, 1.82) is 0 Å². The first-order valence-corrected chi connectivity index (χ1v) is 13.3. The van der Waals surface area contributed by atoms with Gasteiger partial charge in [-0.15, -0.1) is 0 Å². The lowest BCUT2D eigenvalue weighted by atomic mass is 10.2. The molecule has 4 aromatic rings. The molecule has 0 saturated carbocycles. The van der Waals surface area contributed by atoms with Gasteiger partial charge in [-0.05, 0) is 45.1 Å². The lowest BCUT2D eigenvalue weighted by molar-refractivity contribution is -0.163. The first-order chi connectivity index (χ1) is 18.5. The Bertz CT molecular complexity index is 1520. The van der Waals surface area contributed by atoms with Gasteiger partial charge < -0.3 is 14.0 Å². The van der Waals surface area contributed by atoms with Crippen LogP contribution in [0.3, 0.4) is 0 Å². The Morgan fingerprint density at radius 1 is 1.11 bits per heavy atom. The molecule has 5 rings (SSSR count). The highest BCUT2D eigenvalue weighted by Gasteiger charge is 2.25. The number of aromatic nitrogens is 6. The van der Waals surface area contributed by atoms with Gasteiger partial charge in [-0.2, -0.15) is 0 Å². The third-order valence-corrected chi connectivity index (χ3v) is 6.87. The summed E-state index contributed by atoms with van der Waals surface area (Å²) in [6.07, 6.45) is 6.27. The highest BCUT2D eigenvalue weighted by Crippen LogP contribution is 2.27. The van der Waals surface area contributed by atoms with E-state index < -0.39 is 11.2 Å². The zero-order valence-corrected chi connectivity index (χ0v) is 22.3. The molecule has 1 fully saturated rings. The van der Waals surface area contributed by atoms with Crippen molar-refractivity contribution in [1.82, 2.24) is 28.7 Å². The highest BCUT2D eigenvalue weighted by molar-refractivity contribution is 6.31. The van der Waals surface area contributed by atoms with Crippen molar-refractivity contribution in [3.8, 4) is 11.5 Å². The summed E-state index contributed by atoms with van der Waals surface area (Å²) < 4.78 is 16.1. The third kappa shape index (κ3) is 5.29. The van der Waals surface area contributed by atoms with Gasteiger partial charge in [0.05, 0.1) is 6.61 Å². The Morgan fingerprint density at radius 2 is 1.89 bits per heavy atom. The van der Waals surface area contributed by atoms with Crippen molar-refractivity contribution in [2.75, 3.05) is 13.2 Å². The molecule has 0 N–H and O–H groups in total. The van der Waals surface area contributed by atoms with Gasteiger partial charge in [-0.3, -0.25) is 13.9 Å². The summed E-state index contributed by atoms with van der Waals surface area (Å²) in [5.74, 6) is 0.378. The number of nitrogens with zero attached hydrogens (tertiary/aromatic N) is 6. The van der Waals surface area contributed by atoms with E-state index in [4.69, 9.17) is 26.1 Å². The minimum absolute atomic E-state index is 0.165. The molecule has 1 aromatic carbocycles. The van der Waals surface area contributed by atoms with E-state index in [9.17, 15) is 9.59 Å². The normalized spacial score (nSPS) is 15.9. The second kappa shape index (κ2) is 11.6. The minimum Gasteiger partial charge on any atom is -0.353 e. The van der Waals surface area contributed by atoms with Crippen LogP contribution in [0, 0.1) is 0 Å². The van der Waals surface area contributed by atoms with Crippen LogP contribution in [0.2, 0.25) is 5.15 Å². The van der Waals surface area contributed by atoms with Crippen LogP contribution in [0.4, 0.5) is 0 Å². The van der Waals surface area contributed by atoms with Crippen LogP contribution in [0.15, 0.2) is 52.3 Å². The Hall–Kier alpha value is -3.34. The number of fused-ring (bicyclic) bond motifs is 1. The van der Waals surface area contributed by atoms with Gasteiger partial charge in [0, 0.05) is 38.1 Å². The molecule has 0 aliphatic carbocycles. The van der Waals surface area contributed by atoms with Crippen molar-refractivity contribution in [2.24, 2.45) is 0 Å². The lowest BCUT2D eigenvalue weighted by Gasteiger charge is -2.22. The number of rotatable bonds is 9. The summed E-state index contributed by atoms with van der Waals surface area (Å²) >= 11 is 6.41. The molecule has 200 valence electrons. The standard InChI is InChI=1S/C27H31ClN6O4/c1-18(2)34-25-22(26(35)32(27(34)36)14-8-16-38-20-11-6-7-15-37-20)33(17-19-9-4-3-5-10-19)24(31-25)21-23(28)30-13-12-29-21/h3-5,9-10,12-13,18,20H,6-8,11,14-17H2,1-2H3. The fraction of sp³-hybridized carbons (Fsp3) is 0.444. The van der Waals surface area contributed by atoms with Crippen LogP contribution in [0.5, 0.6) is 0 Å². The summed E-state index contributed by atoms with van der Waals surface area (Å²) in [4.78, 5) is 40.8. The Morgan fingerprint density at radius 3 is 2.61 bits per heavy atom. The van der Waals surface area contributed by atoms with E-state index in [0.29, 0.717) is 48.9 Å². The maximum absolute atomic E-state index is 13.9. The molecule has 1 aliphatic rings. The number of hydrogen-bond acceptors (Lipinski definition) is 7. The third-order valence-electron chi connectivity index (χ3n) is 6.60. The zero-order valence-electron chi connectivity index (χ0n) is 21.5. The van der Waals surface area contributed by atoms with Crippen LogP contribution in [0.1, 0.15) is 51.1 Å². The fourth-order valence-electron chi connectivity index (χ4n) is 4.77. The van der Waals surface area contributed by atoms with Crippen LogP contribution in [-0.2, 0) is 22.6 Å². The average Bonchev–Trinajstić information content (AvgIpc) is 3.27. The summed E-state index contributed by atoms with van der Waals surface area (Å²) in [6, 6.07) is 9.49. The zero-order chi connectivity index (χ0) is 26.6. The molecule has 0 amide bonds. The number of imidazole rings is 1. The molecular formula is C27H31ClN6O4. The van der Waals surface area contributed by atoms with E-state index in [1.807, 2.05) is 44.2 Å². The molecule has 0 bridgehead atoms. The molecule has 38 heavy (non-hydrogen) atoms. The summed E-state index contributed by atoms with van der Waals surface area (Å²) in [5.41, 5.74) is 1.09. The fourth-order valence-corrected chi connectivity index (χ4v) is 4.96. The van der Waals surface area contributed by atoms with Gasteiger partial charge in [-0.1, -0.05) is 41.9 Å². The van der Waals surface area contributed by atoms with E-state index in [0.717, 1.165) is 24.8 Å². The SMILES string of the molecule is CC(C)n1c(=O)n(CCCOC2CCCCO2)c(=O)c2c1nc(-c1nccnc1Cl)n2Cc1ccccc1. The molecule has 3 aromatic heterocycles. The molecular weight excluding hydrogens is 508 g/mol. The minimum atomic E-state index is -0.412. The average molecular weight is 539 g/mol. The van der Waals surface area contributed by atoms with E-state index >= 15 is 0 Å². The smallest absolute Gasteiger partial charge is 0.332 e. The van der Waals surface area contributed by atoms with Gasteiger partial charge in [0.15, 0.2) is 28.4 Å². The number of halogens is 1. The maximum Gasteiger partial charge on any atom is 0.332 e. The molecule has 0 radical (unpaired) electrons.